The molecule has 0 aliphatic heterocycles. The van der Waals surface area contributed by atoms with Crippen LogP contribution >= 0.6 is 23.2 Å². The Bertz CT molecular complexity index is 1010. The normalized spacial score (nSPS) is 10.8. The van der Waals surface area contributed by atoms with Crippen LogP contribution < -0.4 is 10.2 Å². The number of carbonyl (C=O) groups is 1. The lowest BCUT2D eigenvalue weighted by atomic mass is 10.2. The van der Waals surface area contributed by atoms with E-state index in [9.17, 15) is 9.90 Å². The molecule has 0 fully saturated rings. The fraction of sp³-hybridized carbons (Fsp3) is 0.0476. The zero-order chi connectivity index (χ0) is 19.9. The molecule has 0 heterocycles. The van der Waals surface area contributed by atoms with Crippen LogP contribution in [0.25, 0.3) is 0 Å². The molecule has 142 valence electrons. The van der Waals surface area contributed by atoms with Gasteiger partial charge in [0.25, 0.3) is 5.91 Å². The van der Waals surface area contributed by atoms with Crippen LogP contribution in [0, 0.1) is 0 Å². The second kappa shape index (κ2) is 9.26. The Balaban J connectivity index is 1.69. The van der Waals surface area contributed by atoms with Crippen molar-refractivity contribution in [2.24, 2.45) is 5.10 Å². The molecule has 1 amide bonds. The summed E-state index contributed by atoms with van der Waals surface area (Å²) in [5.74, 6) is -0.184. The predicted molar refractivity (Wildman–Crippen MR) is 110 cm³/mol. The molecular weight excluding hydrogens is 399 g/mol. The van der Waals surface area contributed by atoms with E-state index in [1.807, 2.05) is 30.3 Å². The van der Waals surface area contributed by atoms with Gasteiger partial charge in [-0.1, -0.05) is 65.7 Å². The summed E-state index contributed by atoms with van der Waals surface area (Å²) < 4.78 is 5.77. The Kier molecular flexibility index (Phi) is 6.53. The number of nitrogens with one attached hydrogen (secondary N) is 1. The van der Waals surface area contributed by atoms with Crippen molar-refractivity contribution < 1.29 is 14.6 Å². The van der Waals surface area contributed by atoms with Crippen molar-refractivity contribution in [2.75, 3.05) is 0 Å². The van der Waals surface area contributed by atoms with Gasteiger partial charge in [0.1, 0.15) is 18.1 Å². The number of halogens is 2. The fourth-order valence-corrected chi connectivity index (χ4v) is 2.93. The quantitative estimate of drug-likeness (QED) is 0.438. The van der Waals surface area contributed by atoms with E-state index in [1.54, 1.807) is 24.3 Å². The third kappa shape index (κ3) is 5.03. The topological polar surface area (TPSA) is 70.9 Å². The van der Waals surface area contributed by atoms with E-state index in [1.165, 1.54) is 18.3 Å². The van der Waals surface area contributed by atoms with E-state index in [0.717, 1.165) is 5.56 Å². The number of phenols is 1. The van der Waals surface area contributed by atoms with Gasteiger partial charge in [-0.3, -0.25) is 4.79 Å². The lowest BCUT2D eigenvalue weighted by Crippen LogP contribution is -2.18. The maximum absolute atomic E-state index is 12.5. The van der Waals surface area contributed by atoms with Gasteiger partial charge in [-0.25, -0.2) is 5.43 Å². The van der Waals surface area contributed by atoms with Crippen LogP contribution in [0.15, 0.2) is 71.8 Å². The minimum atomic E-state index is -0.451. The van der Waals surface area contributed by atoms with Crippen LogP contribution in [-0.4, -0.2) is 17.2 Å². The Morgan fingerprint density at radius 1 is 1.07 bits per heavy atom. The molecule has 28 heavy (non-hydrogen) atoms. The molecule has 0 saturated heterocycles. The van der Waals surface area contributed by atoms with Crippen LogP contribution in [0.1, 0.15) is 21.5 Å². The molecule has 0 aliphatic rings. The van der Waals surface area contributed by atoms with Crippen molar-refractivity contribution in [1.29, 1.82) is 0 Å². The second-order valence-corrected chi connectivity index (χ2v) is 6.64. The number of para-hydroxylation sites is 1. The first-order chi connectivity index (χ1) is 13.5. The maximum Gasteiger partial charge on any atom is 0.275 e. The Morgan fingerprint density at radius 2 is 1.79 bits per heavy atom. The highest BCUT2D eigenvalue weighted by molar-refractivity contribution is 6.36. The Hall–Kier alpha value is -3.02. The largest absolute Gasteiger partial charge is 0.506 e. The third-order valence-electron chi connectivity index (χ3n) is 3.80. The van der Waals surface area contributed by atoms with E-state index in [0.29, 0.717) is 22.9 Å². The number of hydrogen-bond acceptors (Lipinski definition) is 4. The van der Waals surface area contributed by atoms with Crippen LogP contribution in [0.4, 0.5) is 0 Å². The number of ether oxygens (including phenoxy) is 1. The molecule has 5 nitrogen and oxygen atoms in total. The summed E-state index contributed by atoms with van der Waals surface area (Å²) in [4.78, 5) is 12.5. The van der Waals surface area contributed by atoms with Crippen LogP contribution in [-0.2, 0) is 6.61 Å². The highest BCUT2D eigenvalue weighted by atomic mass is 35.5. The molecule has 0 spiro atoms. The van der Waals surface area contributed by atoms with E-state index in [4.69, 9.17) is 27.9 Å². The number of rotatable bonds is 6. The van der Waals surface area contributed by atoms with Gasteiger partial charge in [-0.15, -0.1) is 0 Å². The zero-order valence-corrected chi connectivity index (χ0v) is 16.1. The summed E-state index contributed by atoms with van der Waals surface area (Å²) >= 11 is 11.8. The first-order valence-electron chi connectivity index (χ1n) is 8.32. The fourth-order valence-electron chi connectivity index (χ4n) is 2.42. The predicted octanol–water partition coefficient (Wildman–Crippen LogP) is 5.04. The second-order valence-electron chi connectivity index (χ2n) is 5.80. The van der Waals surface area contributed by atoms with Crippen LogP contribution in [0.2, 0.25) is 10.0 Å². The monoisotopic (exact) mass is 414 g/mol. The van der Waals surface area contributed by atoms with Gasteiger partial charge in [0.15, 0.2) is 0 Å². The summed E-state index contributed by atoms with van der Waals surface area (Å²) in [7, 11) is 0. The average molecular weight is 415 g/mol. The standard InChI is InChI=1S/C21H16Cl2N2O3/c22-16-10-15(20(26)18(23)11-16)12-24-25-21(27)17-8-4-5-9-19(17)28-13-14-6-2-1-3-7-14/h1-12,26H,13H2,(H,25,27)/b24-12+. The van der Waals surface area contributed by atoms with Gasteiger partial charge in [0, 0.05) is 10.6 Å². The van der Waals surface area contributed by atoms with Crippen molar-refractivity contribution >= 4 is 35.3 Å². The molecule has 0 radical (unpaired) electrons. The van der Waals surface area contributed by atoms with Crippen molar-refractivity contribution in [1.82, 2.24) is 5.43 Å². The highest BCUT2D eigenvalue weighted by Gasteiger charge is 2.12. The summed E-state index contributed by atoms with van der Waals surface area (Å²) in [6, 6.07) is 19.4. The van der Waals surface area contributed by atoms with Gasteiger partial charge in [0.05, 0.1) is 16.8 Å². The van der Waals surface area contributed by atoms with E-state index in [-0.39, 0.29) is 16.3 Å². The number of aromatic hydroxyl groups is 1. The number of benzene rings is 3. The molecule has 3 rings (SSSR count). The smallest absolute Gasteiger partial charge is 0.275 e. The number of amides is 1. The van der Waals surface area contributed by atoms with Crippen molar-refractivity contribution in [3.05, 3.63) is 93.5 Å². The molecule has 0 unspecified atom stereocenters. The molecule has 7 heteroatoms. The van der Waals surface area contributed by atoms with Crippen LogP contribution in [0.5, 0.6) is 11.5 Å². The Morgan fingerprint density at radius 3 is 2.57 bits per heavy atom. The van der Waals surface area contributed by atoms with Gasteiger partial charge in [-0.2, -0.15) is 5.10 Å². The lowest BCUT2D eigenvalue weighted by Gasteiger charge is -2.10. The maximum atomic E-state index is 12.5. The number of hydrogen-bond donors (Lipinski definition) is 2. The van der Waals surface area contributed by atoms with Crippen molar-refractivity contribution in [2.45, 2.75) is 6.61 Å². The summed E-state index contributed by atoms with van der Waals surface area (Å²) in [5.41, 5.74) is 4.02. The molecule has 3 aromatic carbocycles. The number of carbonyl (C=O) groups excluding carboxylic acids is 1. The summed E-state index contributed by atoms with van der Waals surface area (Å²) in [6.07, 6.45) is 1.26. The lowest BCUT2D eigenvalue weighted by molar-refractivity contribution is 0.0950. The minimum absolute atomic E-state index is 0.0972. The average Bonchev–Trinajstić information content (AvgIpc) is 2.71. The zero-order valence-electron chi connectivity index (χ0n) is 14.6. The van der Waals surface area contributed by atoms with Gasteiger partial charge in [-0.05, 0) is 29.8 Å². The molecule has 0 atom stereocenters. The highest BCUT2D eigenvalue weighted by Crippen LogP contribution is 2.30. The van der Waals surface area contributed by atoms with Gasteiger partial charge in [0.2, 0.25) is 0 Å². The van der Waals surface area contributed by atoms with E-state index in [2.05, 4.69) is 10.5 Å². The number of hydrazone groups is 1. The van der Waals surface area contributed by atoms with E-state index >= 15 is 0 Å². The first kappa shape index (κ1) is 19.7. The molecule has 0 aromatic heterocycles. The van der Waals surface area contributed by atoms with Crippen molar-refractivity contribution in [3.8, 4) is 11.5 Å². The summed E-state index contributed by atoms with van der Waals surface area (Å²) in [6.45, 7) is 0.337. The van der Waals surface area contributed by atoms with Gasteiger partial charge >= 0.3 is 0 Å². The molecule has 2 N–H and O–H groups in total. The molecule has 0 aliphatic carbocycles. The molecular formula is C21H16Cl2N2O3. The van der Waals surface area contributed by atoms with Gasteiger partial charge < -0.3 is 9.84 Å². The Labute approximate surface area is 172 Å². The third-order valence-corrected chi connectivity index (χ3v) is 4.30. The number of phenolic OH excluding ortho intramolecular Hbond substituents is 1. The molecule has 0 bridgehead atoms. The van der Waals surface area contributed by atoms with E-state index < -0.39 is 5.91 Å². The molecule has 3 aromatic rings. The van der Waals surface area contributed by atoms with Crippen LogP contribution in [0.3, 0.4) is 0 Å². The minimum Gasteiger partial charge on any atom is -0.506 e. The number of nitrogens with zero attached hydrogens (tertiary/aromatic N) is 1. The van der Waals surface area contributed by atoms with Crippen molar-refractivity contribution in [3.63, 3.8) is 0 Å². The first-order valence-corrected chi connectivity index (χ1v) is 9.07. The summed E-state index contributed by atoms with van der Waals surface area (Å²) in [5, 5.41) is 14.2. The SMILES string of the molecule is O=C(N/N=C/c1cc(Cl)cc(Cl)c1O)c1ccccc1OCc1ccccc1. The molecule has 0 saturated carbocycles.